The number of fused-ring (bicyclic) bond motifs is 1. The van der Waals surface area contributed by atoms with Crippen LogP contribution < -0.4 is 5.32 Å². The molecule has 2 aromatic heterocycles. The zero-order chi connectivity index (χ0) is 13.9. The van der Waals surface area contributed by atoms with Crippen LogP contribution in [0.2, 0.25) is 0 Å². The number of hydrogen-bond donors (Lipinski definition) is 1. The Bertz CT molecular complexity index is 624. The molecule has 0 aliphatic heterocycles. The van der Waals surface area contributed by atoms with Crippen molar-refractivity contribution in [3.8, 4) is 0 Å². The second-order valence-electron chi connectivity index (χ2n) is 5.76. The van der Waals surface area contributed by atoms with E-state index in [9.17, 15) is 0 Å². The molecule has 0 saturated carbocycles. The minimum absolute atomic E-state index is 0.436. The van der Waals surface area contributed by atoms with Crippen molar-refractivity contribution in [2.45, 2.75) is 45.4 Å². The third-order valence-corrected chi connectivity index (χ3v) is 3.87. The highest BCUT2D eigenvalue weighted by Gasteiger charge is 2.10. The van der Waals surface area contributed by atoms with Gasteiger partial charge in [-0.05, 0) is 37.7 Å². The minimum Gasteiger partial charge on any atom is -0.368 e. The fourth-order valence-corrected chi connectivity index (χ4v) is 2.67. The van der Waals surface area contributed by atoms with E-state index < -0.39 is 0 Å². The standard InChI is InChI=1S/C16H22N4/c1-12(2)14-11-15-16(18-9-10-20(15)19-14)17-8-7-13-5-3-4-6-13/h5,9-12H,3-4,6-8H2,1-2H3,(H,17,18). The lowest BCUT2D eigenvalue weighted by Gasteiger charge is -2.07. The van der Waals surface area contributed by atoms with E-state index in [1.54, 1.807) is 11.8 Å². The maximum absolute atomic E-state index is 4.58. The van der Waals surface area contributed by atoms with E-state index in [2.05, 4.69) is 41.4 Å². The third kappa shape index (κ3) is 2.69. The summed E-state index contributed by atoms with van der Waals surface area (Å²) in [4.78, 5) is 4.45. The van der Waals surface area contributed by atoms with E-state index in [4.69, 9.17) is 0 Å². The lowest BCUT2D eigenvalue weighted by Crippen LogP contribution is -2.05. The summed E-state index contributed by atoms with van der Waals surface area (Å²) >= 11 is 0. The summed E-state index contributed by atoms with van der Waals surface area (Å²) < 4.78 is 1.92. The molecule has 4 nitrogen and oxygen atoms in total. The van der Waals surface area contributed by atoms with Gasteiger partial charge in [-0.2, -0.15) is 5.10 Å². The van der Waals surface area contributed by atoms with Crippen LogP contribution in [0.15, 0.2) is 30.1 Å². The van der Waals surface area contributed by atoms with E-state index in [0.717, 1.165) is 30.0 Å². The molecule has 20 heavy (non-hydrogen) atoms. The van der Waals surface area contributed by atoms with Crippen molar-refractivity contribution in [2.75, 3.05) is 11.9 Å². The summed E-state index contributed by atoms with van der Waals surface area (Å²) in [5.41, 5.74) is 3.76. The molecule has 1 aliphatic carbocycles. The molecule has 3 rings (SSSR count). The van der Waals surface area contributed by atoms with Crippen LogP contribution in [0.1, 0.15) is 51.1 Å². The number of aromatic nitrogens is 3. The first-order valence-electron chi connectivity index (χ1n) is 7.50. The fraction of sp³-hybridized carbons (Fsp3) is 0.500. The smallest absolute Gasteiger partial charge is 0.152 e. The molecule has 0 aromatic carbocycles. The summed E-state index contributed by atoms with van der Waals surface area (Å²) in [7, 11) is 0. The number of anilines is 1. The molecule has 0 unspecified atom stereocenters. The Labute approximate surface area is 119 Å². The van der Waals surface area contributed by atoms with Gasteiger partial charge in [0.2, 0.25) is 0 Å². The van der Waals surface area contributed by atoms with Gasteiger partial charge in [-0.3, -0.25) is 0 Å². The minimum atomic E-state index is 0.436. The number of hydrogen-bond acceptors (Lipinski definition) is 3. The topological polar surface area (TPSA) is 42.2 Å². The molecule has 0 bridgehead atoms. The SMILES string of the molecule is CC(C)c1cc2c(NCCC3=CCCC3)nccn2n1. The van der Waals surface area contributed by atoms with Crippen molar-refractivity contribution >= 4 is 11.3 Å². The van der Waals surface area contributed by atoms with E-state index in [0.29, 0.717) is 5.92 Å². The van der Waals surface area contributed by atoms with Gasteiger partial charge in [0.1, 0.15) is 5.52 Å². The number of nitrogens with zero attached hydrogens (tertiary/aromatic N) is 3. The molecular formula is C16H22N4. The van der Waals surface area contributed by atoms with E-state index in [1.165, 1.54) is 19.3 Å². The van der Waals surface area contributed by atoms with Gasteiger partial charge >= 0.3 is 0 Å². The number of allylic oxidation sites excluding steroid dienone is 1. The Morgan fingerprint density at radius 3 is 3.05 bits per heavy atom. The molecule has 4 heteroatoms. The van der Waals surface area contributed by atoms with Gasteiger partial charge in [0.15, 0.2) is 5.82 Å². The largest absolute Gasteiger partial charge is 0.368 e. The zero-order valence-corrected chi connectivity index (χ0v) is 12.3. The fourth-order valence-electron chi connectivity index (χ4n) is 2.67. The molecule has 0 saturated heterocycles. The van der Waals surface area contributed by atoms with E-state index in [1.807, 2.05) is 10.7 Å². The number of nitrogens with one attached hydrogen (secondary N) is 1. The van der Waals surface area contributed by atoms with Crippen LogP contribution in [0.4, 0.5) is 5.82 Å². The van der Waals surface area contributed by atoms with Crippen LogP contribution in [0.5, 0.6) is 0 Å². The van der Waals surface area contributed by atoms with Crippen molar-refractivity contribution in [2.24, 2.45) is 0 Å². The predicted molar refractivity (Wildman–Crippen MR) is 82.1 cm³/mol. The Kier molecular flexibility index (Phi) is 3.72. The molecule has 2 aromatic rings. The monoisotopic (exact) mass is 270 g/mol. The average molecular weight is 270 g/mol. The first-order valence-corrected chi connectivity index (χ1v) is 7.50. The van der Waals surface area contributed by atoms with Gasteiger partial charge in [0.25, 0.3) is 0 Å². The first-order chi connectivity index (χ1) is 9.74. The normalized spacial score (nSPS) is 15.1. The molecule has 0 atom stereocenters. The summed E-state index contributed by atoms with van der Waals surface area (Å²) in [6, 6.07) is 2.13. The molecule has 1 aliphatic rings. The Morgan fingerprint density at radius 2 is 2.30 bits per heavy atom. The first kappa shape index (κ1) is 13.2. The van der Waals surface area contributed by atoms with Gasteiger partial charge < -0.3 is 5.32 Å². The summed E-state index contributed by atoms with van der Waals surface area (Å²) in [6.07, 6.45) is 11.1. The molecule has 0 fully saturated rings. The van der Waals surface area contributed by atoms with Gasteiger partial charge in [-0.1, -0.05) is 25.5 Å². The molecule has 106 valence electrons. The van der Waals surface area contributed by atoms with Crippen molar-refractivity contribution in [1.82, 2.24) is 14.6 Å². The van der Waals surface area contributed by atoms with Gasteiger partial charge in [0, 0.05) is 18.9 Å². The van der Waals surface area contributed by atoms with E-state index >= 15 is 0 Å². The molecule has 0 spiro atoms. The quantitative estimate of drug-likeness (QED) is 0.841. The van der Waals surface area contributed by atoms with Crippen LogP contribution in [0.25, 0.3) is 5.52 Å². The van der Waals surface area contributed by atoms with Crippen molar-refractivity contribution in [1.29, 1.82) is 0 Å². The van der Waals surface area contributed by atoms with Crippen LogP contribution in [-0.4, -0.2) is 21.1 Å². The maximum atomic E-state index is 4.58. The zero-order valence-electron chi connectivity index (χ0n) is 12.3. The van der Waals surface area contributed by atoms with Gasteiger partial charge in [-0.25, -0.2) is 9.50 Å². The summed E-state index contributed by atoms with van der Waals surface area (Å²) in [6.45, 7) is 5.27. The van der Waals surface area contributed by atoms with Crippen molar-refractivity contribution in [3.63, 3.8) is 0 Å². The van der Waals surface area contributed by atoms with Crippen molar-refractivity contribution in [3.05, 3.63) is 35.8 Å². The second-order valence-corrected chi connectivity index (χ2v) is 5.76. The molecule has 1 N–H and O–H groups in total. The lowest BCUT2D eigenvalue weighted by molar-refractivity contribution is 0.786. The van der Waals surface area contributed by atoms with Crippen molar-refractivity contribution < 1.29 is 0 Å². The lowest BCUT2D eigenvalue weighted by atomic mass is 10.1. The second kappa shape index (κ2) is 5.65. The van der Waals surface area contributed by atoms with Crippen LogP contribution in [0, 0.1) is 0 Å². The van der Waals surface area contributed by atoms with Gasteiger partial charge in [0.05, 0.1) is 5.69 Å². The van der Waals surface area contributed by atoms with Crippen LogP contribution >= 0.6 is 0 Å². The molecular weight excluding hydrogens is 248 g/mol. The van der Waals surface area contributed by atoms with Gasteiger partial charge in [-0.15, -0.1) is 0 Å². The highest BCUT2D eigenvalue weighted by atomic mass is 15.2. The Morgan fingerprint density at radius 1 is 1.40 bits per heavy atom. The predicted octanol–water partition coefficient (Wildman–Crippen LogP) is 3.77. The average Bonchev–Trinajstić information content (AvgIpc) is 3.07. The highest BCUT2D eigenvalue weighted by molar-refractivity contribution is 5.67. The highest BCUT2D eigenvalue weighted by Crippen LogP contribution is 2.22. The third-order valence-electron chi connectivity index (χ3n) is 3.87. The molecule has 0 radical (unpaired) electrons. The van der Waals surface area contributed by atoms with Crippen LogP contribution in [-0.2, 0) is 0 Å². The number of rotatable bonds is 5. The Hall–Kier alpha value is -1.84. The Balaban J connectivity index is 1.73. The molecule has 0 amide bonds. The molecule has 2 heterocycles. The van der Waals surface area contributed by atoms with E-state index in [-0.39, 0.29) is 0 Å². The maximum Gasteiger partial charge on any atom is 0.152 e. The summed E-state index contributed by atoms with van der Waals surface area (Å²) in [5, 5.41) is 8.04. The van der Waals surface area contributed by atoms with Crippen LogP contribution in [0.3, 0.4) is 0 Å². The summed E-state index contributed by atoms with van der Waals surface area (Å²) in [5.74, 6) is 1.37.